The number of H-pyrrole nitrogens is 1. The fraction of sp³-hybridized carbons (Fsp3) is 0.289. The second kappa shape index (κ2) is 18.7. The average molecular weight is 822 g/mol. The lowest BCUT2D eigenvalue weighted by atomic mass is 10.0. The van der Waals surface area contributed by atoms with Crippen LogP contribution in [0.2, 0.25) is 0 Å². The van der Waals surface area contributed by atoms with Gasteiger partial charge in [0.2, 0.25) is 16.9 Å². The van der Waals surface area contributed by atoms with Crippen LogP contribution in [-0.2, 0) is 20.8 Å². The zero-order valence-electron chi connectivity index (χ0n) is 32.5. The number of amides is 2. The Hall–Kier alpha value is -5.99. The summed E-state index contributed by atoms with van der Waals surface area (Å²) in [5, 5.41) is 6.99. The number of benzene rings is 4. The van der Waals surface area contributed by atoms with E-state index in [2.05, 4.69) is 20.6 Å². The number of hydrogen-bond donors (Lipinski definition) is 4. The van der Waals surface area contributed by atoms with Crippen molar-refractivity contribution in [2.45, 2.75) is 57.4 Å². The van der Waals surface area contributed by atoms with Crippen molar-refractivity contribution in [1.29, 1.82) is 0 Å². The molecule has 0 saturated heterocycles. The molecule has 1 aliphatic rings. The lowest BCUT2D eigenvalue weighted by Crippen LogP contribution is -2.35. The first-order valence-electron chi connectivity index (χ1n) is 19.6. The van der Waals surface area contributed by atoms with Crippen LogP contribution in [0.5, 0.6) is 23.0 Å². The molecular weight excluding hydrogens is 777 g/mol. The number of methoxy groups -OCH3 is 1. The van der Waals surface area contributed by atoms with E-state index in [0.717, 1.165) is 60.4 Å². The molecule has 7 rings (SSSR count). The monoisotopic (exact) mass is 821 g/mol. The van der Waals surface area contributed by atoms with Crippen molar-refractivity contribution in [3.8, 4) is 23.0 Å². The molecule has 1 unspecified atom stereocenters. The number of nitrogens with one attached hydrogen (secondary N) is 3. The molecule has 4 aromatic carbocycles. The normalized spacial score (nSPS) is 13.5. The third kappa shape index (κ3) is 10.0. The van der Waals surface area contributed by atoms with Crippen molar-refractivity contribution in [3.05, 3.63) is 115 Å². The summed E-state index contributed by atoms with van der Waals surface area (Å²) in [5.74, 6) is -0.261. The number of halogens is 2. The van der Waals surface area contributed by atoms with Gasteiger partial charge in [0, 0.05) is 57.9 Å². The summed E-state index contributed by atoms with van der Waals surface area (Å²) in [6, 6.07) is 21.8. The number of pyridine rings is 1. The van der Waals surface area contributed by atoms with Gasteiger partial charge in [-0.25, -0.2) is 8.78 Å². The van der Waals surface area contributed by atoms with Crippen LogP contribution in [0.1, 0.15) is 50.5 Å². The number of para-hydroxylation sites is 1. The van der Waals surface area contributed by atoms with Crippen molar-refractivity contribution < 1.29 is 37.4 Å². The highest BCUT2D eigenvalue weighted by atomic mass is 32.2. The molecule has 1 atom stereocenters. The number of unbranched alkanes of at least 4 members (excludes halogenated alkanes) is 4. The van der Waals surface area contributed by atoms with Crippen molar-refractivity contribution >= 4 is 61.9 Å². The first-order chi connectivity index (χ1) is 28.6. The summed E-state index contributed by atoms with van der Waals surface area (Å²) in [4.78, 5) is 46.4. The Kier molecular flexibility index (Phi) is 13.1. The number of nitrogens with two attached hydrogens (primary N) is 1. The fourth-order valence-electron chi connectivity index (χ4n) is 6.80. The van der Waals surface area contributed by atoms with Crippen LogP contribution in [0.3, 0.4) is 0 Å². The molecule has 2 aromatic heterocycles. The van der Waals surface area contributed by atoms with E-state index in [-0.39, 0.29) is 16.6 Å². The smallest absolute Gasteiger partial charge is 0.240 e. The molecule has 0 radical (unpaired) electrons. The number of hydrogen-bond acceptors (Lipinski definition) is 9. The number of rotatable bonds is 19. The summed E-state index contributed by atoms with van der Waals surface area (Å²) < 4.78 is 46.3. The molecule has 2 heterocycles. The molecule has 1 fully saturated rings. The maximum atomic E-state index is 15.4. The van der Waals surface area contributed by atoms with Crippen LogP contribution in [0.15, 0.2) is 97.3 Å². The Morgan fingerprint density at radius 3 is 2.32 bits per heavy atom. The van der Waals surface area contributed by atoms with Gasteiger partial charge < -0.3 is 35.6 Å². The van der Waals surface area contributed by atoms with Gasteiger partial charge in [0.25, 0.3) is 0 Å². The Morgan fingerprint density at radius 2 is 1.56 bits per heavy atom. The Labute approximate surface area is 344 Å². The topological polar surface area (TPSA) is 158 Å². The van der Waals surface area contributed by atoms with Gasteiger partial charge in [0.15, 0.2) is 23.1 Å². The van der Waals surface area contributed by atoms with Gasteiger partial charge in [0.1, 0.15) is 17.0 Å². The van der Waals surface area contributed by atoms with E-state index in [9.17, 15) is 18.8 Å². The third-order valence-electron chi connectivity index (χ3n) is 10.3. The van der Waals surface area contributed by atoms with Gasteiger partial charge in [-0.05, 0) is 92.3 Å². The van der Waals surface area contributed by atoms with E-state index >= 15 is 4.39 Å². The molecule has 0 bridgehead atoms. The molecule has 5 N–H and O–H groups in total. The minimum absolute atomic E-state index is 0.0164. The van der Waals surface area contributed by atoms with Crippen molar-refractivity contribution in [3.63, 3.8) is 0 Å². The van der Waals surface area contributed by atoms with E-state index in [1.807, 2.05) is 30.5 Å². The van der Waals surface area contributed by atoms with Crippen LogP contribution < -0.4 is 30.6 Å². The Balaban J connectivity index is 0.852. The molecule has 14 heteroatoms. The summed E-state index contributed by atoms with van der Waals surface area (Å²) >= 11 is 1.31. The Morgan fingerprint density at radius 1 is 0.831 bits per heavy atom. The number of anilines is 2. The first-order valence-corrected chi connectivity index (χ1v) is 20.5. The van der Waals surface area contributed by atoms with E-state index in [4.69, 9.17) is 19.9 Å². The van der Waals surface area contributed by atoms with E-state index in [1.165, 1.54) is 55.3 Å². The second-order valence-electron chi connectivity index (χ2n) is 14.5. The van der Waals surface area contributed by atoms with Crippen molar-refractivity contribution in [2.75, 3.05) is 30.1 Å². The minimum Gasteiger partial charge on any atom is -0.493 e. The number of thioether (sulfide) groups is 1. The van der Waals surface area contributed by atoms with Gasteiger partial charge in [-0.3, -0.25) is 19.4 Å². The largest absolute Gasteiger partial charge is 0.493 e. The van der Waals surface area contributed by atoms with Gasteiger partial charge in [-0.15, -0.1) is 0 Å². The second-order valence-corrected chi connectivity index (χ2v) is 15.6. The van der Waals surface area contributed by atoms with Gasteiger partial charge in [-0.1, -0.05) is 49.2 Å². The molecule has 1 saturated carbocycles. The SMILES string of the molecule is COc1cc2c(Oc3ccc(NC(=O)C4(C(=O)Nc5ccc(F)cc5)CC4)cc3F)ccnc2cc1OCCCCCCCSC(=O)C(N)Cc1c[nH]c2ccccc12. The number of nitrogens with zero attached hydrogens (tertiary/aromatic N) is 1. The van der Waals surface area contributed by atoms with Crippen LogP contribution >= 0.6 is 11.8 Å². The van der Waals surface area contributed by atoms with Gasteiger partial charge >= 0.3 is 0 Å². The fourth-order valence-corrected chi connectivity index (χ4v) is 7.65. The number of ether oxygens (including phenoxy) is 3. The molecule has 2 amide bonds. The van der Waals surface area contributed by atoms with Crippen LogP contribution in [0, 0.1) is 17.0 Å². The summed E-state index contributed by atoms with van der Waals surface area (Å²) in [5.41, 5.74) is 8.13. The van der Waals surface area contributed by atoms with E-state index in [0.29, 0.717) is 59.7 Å². The zero-order valence-corrected chi connectivity index (χ0v) is 33.3. The quantitative estimate of drug-likeness (QED) is 0.0462. The molecule has 1 aliphatic carbocycles. The number of fused-ring (bicyclic) bond motifs is 2. The highest BCUT2D eigenvalue weighted by Gasteiger charge is 2.56. The molecule has 0 spiro atoms. The lowest BCUT2D eigenvalue weighted by Gasteiger charge is -2.16. The highest BCUT2D eigenvalue weighted by molar-refractivity contribution is 8.13. The lowest BCUT2D eigenvalue weighted by molar-refractivity contribution is -0.131. The number of carbonyl (C=O) groups excluding carboxylic acids is 3. The van der Waals surface area contributed by atoms with E-state index in [1.54, 1.807) is 24.4 Å². The molecular formula is C45H45F2N5O6S. The minimum atomic E-state index is -1.29. The summed E-state index contributed by atoms with van der Waals surface area (Å²) in [6.45, 7) is 0.474. The average Bonchev–Trinajstić information content (AvgIpc) is 3.97. The Bertz CT molecular complexity index is 2460. The molecule has 0 aliphatic heterocycles. The molecule has 59 heavy (non-hydrogen) atoms. The van der Waals surface area contributed by atoms with E-state index < -0.39 is 34.9 Å². The van der Waals surface area contributed by atoms with Crippen molar-refractivity contribution in [1.82, 2.24) is 9.97 Å². The zero-order chi connectivity index (χ0) is 41.4. The molecule has 11 nitrogen and oxygen atoms in total. The summed E-state index contributed by atoms with van der Waals surface area (Å²) in [6.07, 6.45) is 9.39. The first kappa shape index (κ1) is 41.2. The predicted molar refractivity (Wildman–Crippen MR) is 226 cm³/mol. The van der Waals surface area contributed by atoms with Gasteiger partial charge in [0.05, 0.1) is 25.3 Å². The van der Waals surface area contributed by atoms with Crippen molar-refractivity contribution in [2.24, 2.45) is 11.1 Å². The number of aromatic nitrogens is 2. The summed E-state index contributed by atoms with van der Waals surface area (Å²) in [7, 11) is 1.54. The van der Waals surface area contributed by atoms with Gasteiger partial charge in [-0.2, -0.15) is 0 Å². The molecule has 6 aromatic rings. The number of aromatic amines is 1. The predicted octanol–water partition coefficient (Wildman–Crippen LogP) is 9.31. The standard InChI is InChI=1S/C45H45F2N5O6S/c1-56-40-25-33-37(26-41(40)57-21-7-3-2-4-8-22-59-42(53)35(48)23-28-27-50-36-10-6-5-9-32(28)36)49-20-17-38(33)58-39-16-15-31(24-34(39)47)52-44(55)45(18-19-45)43(54)51-30-13-11-29(46)12-14-30/h5-6,9-17,20,24-27,35,50H,2-4,7-8,18-19,21-23,48H2,1H3,(H,51,54)(H,52,55). The third-order valence-corrected chi connectivity index (χ3v) is 11.4. The molecule has 306 valence electrons. The highest BCUT2D eigenvalue weighted by Crippen LogP contribution is 2.48. The van der Waals surface area contributed by atoms with Crippen LogP contribution in [-0.4, -0.2) is 52.4 Å². The number of carbonyl (C=O) groups is 3. The van der Waals surface area contributed by atoms with Crippen LogP contribution in [0.25, 0.3) is 21.8 Å². The maximum absolute atomic E-state index is 15.4. The maximum Gasteiger partial charge on any atom is 0.240 e. The van der Waals surface area contributed by atoms with Crippen LogP contribution in [0.4, 0.5) is 20.2 Å².